The lowest BCUT2D eigenvalue weighted by Crippen LogP contribution is -2.66. The Morgan fingerprint density at radius 2 is 0.756 bits per heavy atom. The first kappa shape index (κ1) is 74.8. The van der Waals surface area contributed by atoms with Gasteiger partial charge in [0.15, 0.2) is 18.9 Å². The average Bonchev–Trinajstić information content (AvgIpc) is 3.25. The lowest BCUT2D eigenvalue weighted by Gasteiger charge is -2.48. The molecule has 12 N–H and O–H groups in total. The van der Waals surface area contributed by atoms with Gasteiger partial charge in [-0.2, -0.15) is 0 Å². The van der Waals surface area contributed by atoms with Gasteiger partial charge in [-0.05, 0) is 19.3 Å². The van der Waals surface area contributed by atoms with Crippen molar-refractivity contribution in [3.8, 4) is 0 Å². The van der Waals surface area contributed by atoms with E-state index < -0.39 is 124 Å². The first-order valence-electron chi connectivity index (χ1n) is 32.9. The number of carbonyl (C=O) groups excluding carboxylic acids is 1. The molecule has 0 aliphatic carbocycles. The summed E-state index contributed by atoms with van der Waals surface area (Å²) in [6.45, 7) is 1.76. The highest BCUT2D eigenvalue weighted by Gasteiger charge is 2.53. The van der Waals surface area contributed by atoms with Gasteiger partial charge in [0, 0.05) is 6.42 Å². The number of hydrogen-bond acceptors (Lipinski definition) is 18. The molecule has 0 saturated carbocycles. The maximum absolute atomic E-state index is 13.4. The third-order valence-electron chi connectivity index (χ3n) is 16.8. The first-order chi connectivity index (χ1) is 39.8. The second-order valence-corrected chi connectivity index (χ2v) is 23.9. The van der Waals surface area contributed by atoms with Crippen LogP contribution < -0.4 is 5.32 Å². The van der Waals surface area contributed by atoms with Crippen LogP contribution in [-0.2, 0) is 33.2 Å². The molecule has 3 saturated heterocycles. The number of amides is 1. The van der Waals surface area contributed by atoms with Crippen LogP contribution in [0.5, 0.6) is 0 Å². The number of carbonyl (C=O) groups is 1. The Morgan fingerprint density at radius 3 is 1.15 bits per heavy atom. The summed E-state index contributed by atoms with van der Waals surface area (Å²) in [5, 5.41) is 120. The molecule has 17 unspecified atom stereocenters. The van der Waals surface area contributed by atoms with Gasteiger partial charge in [0.1, 0.15) is 73.2 Å². The van der Waals surface area contributed by atoms with Crippen molar-refractivity contribution in [2.75, 3.05) is 26.4 Å². The number of nitrogens with one attached hydrogen (secondary N) is 1. The van der Waals surface area contributed by atoms with E-state index in [2.05, 4.69) is 19.2 Å². The molecule has 3 aliphatic heterocycles. The molecule has 0 spiro atoms. The third kappa shape index (κ3) is 29.5. The molecule has 17 atom stereocenters. The smallest absolute Gasteiger partial charge is 0.220 e. The van der Waals surface area contributed by atoms with Gasteiger partial charge < -0.3 is 89.9 Å². The number of aliphatic hydroxyl groups excluding tert-OH is 11. The summed E-state index contributed by atoms with van der Waals surface area (Å²) in [4.78, 5) is 13.4. The SMILES string of the molecule is CCCCCCCCCCCCCCCCCC/C=C/C(O)C(COC1OC(CO)C(OC2OC(CO)C(OC3OC(CO)C(O)C(O)C3O)C(O)C2O)C(O)C1O)NC(=O)CCCCCCCCCCCCCCCCCCCCC. The molecular weight excluding hydrogens is 1060 g/mol. The number of hydrogen-bond donors (Lipinski definition) is 12. The van der Waals surface area contributed by atoms with Gasteiger partial charge in [-0.1, -0.05) is 238 Å². The summed E-state index contributed by atoms with van der Waals surface area (Å²) in [5.41, 5.74) is 0. The summed E-state index contributed by atoms with van der Waals surface area (Å²) in [7, 11) is 0. The molecule has 3 rings (SSSR count). The van der Waals surface area contributed by atoms with Crippen molar-refractivity contribution in [3.05, 3.63) is 12.2 Å². The summed E-state index contributed by atoms with van der Waals surface area (Å²) in [5.74, 6) is -0.270. The molecule has 19 nitrogen and oxygen atoms in total. The number of ether oxygens (including phenoxy) is 6. The van der Waals surface area contributed by atoms with Crippen LogP contribution >= 0.6 is 0 Å². The maximum atomic E-state index is 13.4. The number of rotatable bonds is 50. The predicted molar refractivity (Wildman–Crippen MR) is 314 cm³/mol. The van der Waals surface area contributed by atoms with Crippen molar-refractivity contribution in [1.82, 2.24) is 5.32 Å². The number of unbranched alkanes of at least 4 members (excludes halogenated alkanes) is 34. The zero-order valence-electron chi connectivity index (χ0n) is 50.7. The Labute approximate surface area is 493 Å². The van der Waals surface area contributed by atoms with E-state index in [-0.39, 0.29) is 18.9 Å². The van der Waals surface area contributed by atoms with E-state index in [0.717, 1.165) is 44.9 Å². The van der Waals surface area contributed by atoms with Crippen molar-refractivity contribution in [2.24, 2.45) is 0 Å². The van der Waals surface area contributed by atoms with E-state index >= 15 is 0 Å². The Morgan fingerprint density at radius 1 is 0.427 bits per heavy atom. The Kier molecular flexibility index (Phi) is 42.5. The molecule has 3 heterocycles. The van der Waals surface area contributed by atoms with E-state index in [4.69, 9.17) is 28.4 Å². The van der Waals surface area contributed by atoms with Crippen molar-refractivity contribution >= 4 is 5.91 Å². The summed E-state index contributed by atoms with van der Waals surface area (Å²) in [6.07, 6.45) is 21.8. The molecule has 0 aromatic carbocycles. The first-order valence-corrected chi connectivity index (χ1v) is 32.9. The highest BCUT2D eigenvalue weighted by atomic mass is 16.8. The van der Waals surface area contributed by atoms with E-state index in [1.54, 1.807) is 6.08 Å². The van der Waals surface area contributed by atoms with E-state index in [1.807, 2.05) is 6.08 Å². The van der Waals surface area contributed by atoms with Crippen LogP contribution in [0.2, 0.25) is 0 Å². The molecule has 82 heavy (non-hydrogen) atoms. The second-order valence-electron chi connectivity index (χ2n) is 23.9. The highest BCUT2D eigenvalue weighted by molar-refractivity contribution is 5.76. The lowest BCUT2D eigenvalue weighted by molar-refractivity contribution is -0.379. The molecule has 3 aliphatic rings. The van der Waals surface area contributed by atoms with E-state index in [0.29, 0.717) is 6.42 Å². The van der Waals surface area contributed by atoms with Gasteiger partial charge in [0.05, 0.1) is 38.6 Å². The summed E-state index contributed by atoms with van der Waals surface area (Å²) < 4.78 is 34.3. The van der Waals surface area contributed by atoms with Crippen molar-refractivity contribution in [1.29, 1.82) is 0 Å². The highest BCUT2D eigenvalue weighted by Crippen LogP contribution is 2.33. The van der Waals surface area contributed by atoms with Crippen LogP contribution in [0.25, 0.3) is 0 Å². The molecule has 0 aromatic rings. The van der Waals surface area contributed by atoms with Crippen LogP contribution in [0.4, 0.5) is 0 Å². The monoisotopic (exact) mass is 1180 g/mol. The van der Waals surface area contributed by atoms with Crippen molar-refractivity contribution in [3.63, 3.8) is 0 Å². The molecular formula is C63H119NO18. The molecule has 0 bridgehead atoms. The topological polar surface area (TPSA) is 307 Å². The van der Waals surface area contributed by atoms with Gasteiger partial charge in [0.25, 0.3) is 0 Å². The minimum Gasteiger partial charge on any atom is -0.394 e. The molecule has 1 amide bonds. The van der Waals surface area contributed by atoms with Crippen LogP contribution in [0.1, 0.15) is 251 Å². The second kappa shape index (κ2) is 46.7. The fourth-order valence-electron chi connectivity index (χ4n) is 11.4. The predicted octanol–water partition coefficient (Wildman–Crippen LogP) is 7.33. The minimum atomic E-state index is -1.97. The Balaban J connectivity index is 1.47. The summed E-state index contributed by atoms with van der Waals surface area (Å²) >= 11 is 0. The standard InChI is InChI=1S/C63H119NO18/c1-3-5-7-9-11-13-15-17-19-21-23-25-27-29-31-33-35-37-39-41-51(69)64-46(47(68)40-38-36-34-32-30-28-26-24-22-20-18-16-14-12-10-8-6-4-2)45-77-61-57(75)54(72)59(49(43-66)79-61)82-63-58(76)55(73)60(50(44-67)80-63)81-62-56(74)53(71)52(70)48(42-65)78-62/h38,40,46-50,52-63,65-68,70-76H,3-37,39,41-45H2,1-2H3,(H,64,69)/b40-38+. The molecule has 0 radical (unpaired) electrons. The van der Waals surface area contributed by atoms with E-state index in [1.165, 1.54) is 180 Å². The zero-order chi connectivity index (χ0) is 59.7. The number of allylic oxidation sites excluding steroid dienone is 1. The molecule has 0 aromatic heterocycles. The van der Waals surface area contributed by atoms with Crippen LogP contribution in [-0.4, -0.2) is 193 Å². The largest absolute Gasteiger partial charge is 0.394 e. The fraction of sp³-hybridized carbons (Fsp3) is 0.952. The van der Waals surface area contributed by atoms with Crippen LogP contribution in [0, 0.1) is 0 Å². The van der Waals surface area contributed by atoms with Gasteiger partial charge in [-0.25, -0.2) is 0 Å². The Hall–Kier alpha value is -1.47. The third-order valence-corrected chi connectivity index (χ3v) is 16.8. The minimum absolute atomic E-state index is 0.249. The molecule has 19 heteroatoms. The average molecular weight is 1180 g/mol. The van der Waals surface area contributed by atoms with Gasteiger partial charge >= 0.3 is 0 Å². The lowest BCUT2D eigenvalue weighted by atomic mass is 9.96. The summed E-state index contributed by atoms with van der Waals surface area (Å²) in [6, 6.07) is -0.967. The van der Waals surface area contributed by atoms with Gasteiger partial charge in [-0.3, -0.25) is 4.79 Å². The number of aliphatic hydroxyl groups is 11. The maximum Gasteiger partial charge on any atom is 0.220 e. The molecule has 484 valence electrons. The van der Waals surface area contributed by atoms with Gasteiger partial charge in [-0.15, -0.1) is 0 Å². The van der Waals surface area contributed by atoms with Crippen LogP contribution in [0.3, 0.4) is 0 Å². The fourth-order valence-corrected chi connectivity index (χ4v) is 11.4. The zero-order valence-corrected chi connectivity index (χ0v) is 50.7. The Bertz CT molecular complexity index is 1550. The van der Waals surface area contributed by atoms with Crippen LogP contribution in [0.15, 0.2) is 12.2 Å². The van der Waals surface area contributed by atoms with Crippen molar-refractivity contribution in [2.45, 2.75) is 356 Å². The quantitative estimate of drug-likeness (QED) is 0.0210. The molecule has 3 fully saturated rings. The van der Waals surface area contributed by atoms with E-state index in [9.17, 15) is 61.0 Å². The van der Waals surface area contributed by atoms with Gasteiger partial charge in [0.2, 0.25) is 5.91 Å². The van der Waals surface area contributed by atoms with Crippen molar-refractivity contribution < 1.29 is 89.4 Å². The normalized spacial score (nSPS) is 29.6.